The number of nitrogen functional groups attached to an aromatic ring is 1. The molecule has 1 aromatic heterocycles. The van der Waals surface area contributed by atoms with Gasteiger partial charge in [-0.1, -0.05) is 12.8 Å². The first-order valence-corrected chi connectivity index (χ1v) is 7.59. The summed E-state index contributed by atoms with van der Waals surface area (Å²) < 4.78 is 0. The van der Waals surface area contributed by atoms with Crippen LogP contribution >= 0.6 is 0 Å². The van der Waals surface area contributed by atoms with Crippen molar-refractivity contribution in [3.05, 3.63) is 18.3 Å². The number of rotatable bonds is 7. The molecule has 0 aliphatic carbocycles. The second-order valence-corrected chi connectivity index (χ2v) is 5.41. The Morgan fingerprint density at radius 2 is 1.80 bits per heavy atom. The molecule has 1 aliphatic heterocycles. The van der Waals surface area contributed by atoms with Gasteiger partial charge in [0.05, 0.1) is 11.9 Å². The molecule has 2 rings (SSSR count). The van der Waals surface area contributed by atoms with E-state index < -0.39 is 0 Å². The maximum Gasteiger partial charge on any atom is 0.123 e. The molecule has 1 fully saturated rings. The lowest BCUT2D eigenvalue weighted by molar-refractivity contribution is 0.247. The van der Waals surface area contributed by atoms with Crippen LogP contribution in [0.3, 0.4) is 0 Å². The molecule has 0 unspecified atom stereocenters. The lowest BCUT2D eigenvalue weighted by atomic mass is 10.2. The summed E-state index contributed by atoms with van der Waals surface area (Å²) in [4.78, 5) is 9.05. The van der Waals surface area contributed by atoms with Crippen molar-refractivity contribution in [2.75, 3.05) is 50.0 Å². The van der Waals surface area contributed by atoms with Crippen LogP contribution in [-0.2, 0) is 0 Å². The summed E-state index contributed by atoms with van der Waals surface area (Å²) in [5.41, 5.74) is 6.78. The van der Waals surface area contributed by atoms with Crippen molar-refractivity contribution in [3.63, 3.8) is 0 Å². The first kappa shape index (κ1) is 15.1. The number of nitrogens with zero attached hydrogens (tertiary/aromatic N) is 3. The lowest BCUT2D eigenvalue weighted by Gasteiger charge is -2.36. The highest BCUT2D eigenvalue weighted by molar-refractivity contribution is 5.48. The molecule has 0 amide bonds. The number of unbranched alkanes of at least 4 members (excludes halogenated alkanes) is 3. The maximum absolute atomic E-state index is 8.74. The number of aromatic nitrogens is 1. The predicted molar refractivity (Wildman–Crippen MR) is 82.9 cm³/mol. The maximum atomic E-state index is 8.74. The van der Waals surface area contributed by atoms with Crippen LogP contribution in [0.1, 0.15) is 25.7 Å². The molecule has 0 aromatic carbocycles. The molecular formula is C15H26N4O. The van der Waals surface area contributed by atoms with Crippen molar-refractivity contribution in [2.45, 2.75) is 25.7 Å². The average Bonchev–Trinajstić information content (AvgIpc) is 2.49. The molecule has 3 N–H and O–H groups in total. The third kappa shape index (κ3) is 4.65. The Morgan fingerprint density at radius 1 is 1.05 bits per heavy atom. The molecule has 1 aliphatic rings. The Morgan fingerprint density at radius 3 is 2.45 bits per heavy atom. The van der Waals surface area contributed by atoms with Crippen molar-refractivity contribution < 1.29 is 5.11 Å². The fourth-order valence-corrected chi connectivity index (χ4v) is 2.62. The van der Waals surface area contributed by atoms with Gasteiger partial charge < -0.3 is 15.7 Å². The molecule has 0 bridgehead atoms. The Kier molecular flexibility index (Phi) is 6.08. The van der Waals surface area contributed by atoms with E-state index in [0.29, 0.717) is 12.4 Å². The molecule has 0 radical (unpaired) electrons. The van der Waals surface area contributed by atoms with Gasteiger partial charge in [0.1, 0.15) is 5.82 Å². The second-order valence-electron chi connectivity index (χ2n) is 5.41. The van der Waals surface area contributed by atoms with Gasteiger partial charge in [-0.3, -0.25) is 4.90 Å². The first-order valence-electron chi connectivity index (χ1n) is 7.59. The van der Waals surface area contributed by atoms with E-state index in [-0.39, 0.29) is 0 Å². The van der Waals surface area contributed by atoms with Gasteiger partial charge in [0.25, 0.3) is 0 Å². The number of hydrogen-bond donors (Lipinski definition) is 2. The number of anilines is 2. The van der Waals surface area contributed by atoms with Crippen molar-refractivity contribution in [2.24, 2.45) is 0 Å². The van der Waals surface area contributed by atoms with Gasteiger partial charge in [0.2, 0.25) is 0 Å². The SMILES string of the molecule is Nc1ccc(N2CCN(CCCCCCO)CC2)cn1. The largest absolute Gasteiger partial charge is 0.396 e. The van der Waals surface area contributed by atoms with Crippen LogP contribution in [0, 0.1) is 0 Å². The molecule has 5 nitrogen and oxygen atoms in total. The predicted octanol–water partition coefficient (Wildman–Crippen LogP) is 1.34. The summed E-state index contributed by atoms with van der Waals surface area (Å²) in [7, 11) is 0. The summed E-state index contributed by atoms with van der Waals surface area (Å²) >= 11 is 0. The monoisotopic (exact) mass is 278 g/mol. The number of aliphatic hydroxyl groups excluding tert-OH is 1. The van der Waals surface area contributed by atoms with Crippen LogP contribution in [0.25, 0.3) is 0 Å². The van der Waals surface area contributed by atoms with Crippen LogP contribution in [0.15, 0.2) is 18.3 Å². The summed E-state index contributed by atoms with van der Waals surface area (Å²) in [6.07, 6.45) is 6.41. The van der Waals surface area contributed by atoms with Gasteiger partial charge in [0, 0.05) is 32.8 Å². The number of hydrogen-bond acceptors (Lipinski definition) is 5. The summed E-state index contributed by atoms with van der Waals surface area (Å²) in [6.45, 7) is 5.85. The zero-order valence-electron chi connectivity index (χ0n) is 12.2. The van der Waals surface area contributed by atoms with Crippen molar-refractivity contribution in [1.29, 1.82) is 0 Å². The first-order chi connectivity index (χ1) is 9.79. The molecule has 0 atom stereocenters. The molecule has 0 saturated carbocycles. The smallest absolute Gasteiger partial charge is 0.123 e. The van der Waals surface area contributed by atoms with Crippen LogP contribution < -0.4 is 10.6 Å². The van der Waals surface area contributed by atoms with E-state index in [0.717, 1.165) is 39.0 Å². The van der Waals surface area contributed by atoms with Gasteiger partial charge in [-0.05, 0) is 31.5 Å². The van der Waals surface area contributed by atoms with Gasteiger partial charge in [-0.15, -0.1) is 0 Å². The minimum absolute atomic E-state index is 0.328. The van der Waals surface area contributed by atoms with Gasteiger partial charge in [0.15, 0.2) is 0 Å². The Balaban J connectivity index is 1.66. The van der Waals surface area contributed by atoms with E-state index in [1.54, 1.807) is 0 Å². The average molecular weight is 278 g/mol. The van der Waals surface area contributed by atoms with E-state index in [9.17, 15) is 0 Å². The van der Waals surface area contributed by atoms with Gasteiger partial charge >= 0.3 is 0 Å². The van der Waals surface area contributed by atoms with Crippen molar-refractivity contribution in [1.82, 2.24) is 9.88 Å². The molecule has 112 valence electrons. The Hall–Kier alpha value is -1.33. The van der Waals surface area contributed by atoms with Crippen molar-refractivity contribution in [3.8, 4) is 0 Å². The van der Waals surface area contributed by atoms with E-state index >= 15 is 0 Å². The molecule has 5 heteroatoms. The van der Waals surface area contributed by atoms with Crippen LogP contribution in [0.4, 0.5) is 11.5 Å². The van der Waals surface area contributed by atoms with Gasteiger partial charge in [-0.2, -0.15) is 0 Å². The molecule has 1 saturated heterocycles. The number of nitrogens with two attached hydrogens (primary N) is 1. The third-order valence-electron chi connectivity index (χ3n) is 3.89. The highest BCUT2D eigenvalue weighted by Crippen LogP contribution is 2.16. The Bertz CT molecular complexity index is 374. The minimum Gasteiger partial charge on any atom is -0.396 e. The van der Waals surface area contributed by atoms with Crippen LogP contribution in [-0.4, -0.2) is 54.3 Å². The van der Waals surface area contributed by atoms with Crippen LogP contribution in [0.5, 0.6) is 0 Å². The molecule has 0 spiro atoms. The lowest BCUT2D eigenvalue weighted by Crippen LogP contribution is -2.46. The summed E-state index contributed by atoms with van der Waals surface area (Å²) in [6, 6.07) is 3.91. The second kappa shape index (κ2) is 8.07. The zero-order valence-corrected chi connectivity index (χ0v) is 12.2. The highest BCUT2D eigenvalue weighted by Gasteiger charge is 2.16. The number of pyridine rings is 1. The van der Waals surface area contributed by atoms with E-state index in [4.69, 9.17) is 10.8 Å². The Labute approximate surface area is 121 Å². The minimum atomic E-state index is 0.328. The number of piperazine rings is 1. The van der Waals surface area contributed by atoms with Gasteiger partial charge in [-0.25, -0.2) is 4.98 Å². The molecule has 1 aromatic rings. The van der Waals surface area contributed by atoms with E-state index in [2.05, 4.69) is 14.8 Å². The summed E-state index contributed by atoms with van der Waals surface area (Å²) in [5.74, 6) is 0.579. The quantitative estimate of drug-likeness (QED) is 0.737. The van der Waals surface area contributed by atoms with E-state index in [1.165, 1.54) is 25.1 Å². The standard InChI is InChI=1S/C15H26N4O/c16-15-6-5-14(13-17-15)19-10-8-18(9-11-19)7-3-1-2-4-12-20/h5-6,13,20H,1-4,7-12H2,(H2,16,17). The number of aliphatic hydroxyl groups is 1. The molecule has 2 heterocycles. The normalized spacial score (nSPS) is 16.6. The highest BCUT2D eigenvalue weighted by atomic mass is 16.2. The fraction of sp³-hybridized carbons (Fsp3) is 0.667. The van der Waals surface area contributed by atoms with Crippen LogP contribution in [0.2, 0.25) is 0 Å². The summed E-state index contributed by atoms with van der Waals surface area (Å²) in [5, 5.41) is 8.74. The molecule has 20 heavy (non-hydrogen) atoms. The topological polar surface area (TPSA) is 65.6 Å². The fourth-order valence-electron chi connectivity index (χ4n) is 2.62. The molecular weight excluding hydrogens is 252 g/mol. The van der Waals surface area contributed by atoms with Crippen molar-refractivity contribution >= 4 is 11.5 Å². The zero-order chi connectivity index (χ0) is 14.2. The van der Waals surface area contributed by atoms with E-state index in [1.807, 2.05) is 18.3 Å². The third-order valence-corrected chi connectivity index (χ3v) is 3.89.